The summed E-state index contributed by atoms with van der Waals surface area (Å²) in [5.74, 6) is 0.655. The molecule has 2 heterocycles. The maximum atomic E-state index is 13.5. The van der Waals surface area contributed by atoms with Crippen molar-refractivity contribution in [2.45, 2.75) is 18.9 Å². The molecule has 1 aromatic carbocycles. The molecule has 1 aliphatic rings. The number of anilines is 1. The fourth-order valence-electron chi connectivity index (χ4n) is 2.36. The third kappa shape index (κ3) is 2.62. The lowest BCUT2D eigenvalue weighted by molar-refractivity contribution is 0.500. The van der Waals surface area contributed by atoms with Gasteiger partial charge in [0.1, 0.15) is 5.82 Å². The van der Waals surface area contributed by atoms with Crippen molar-refractivity contribution in [2.24, 2.45) is 5.73 Å². The van der Waals surface area contributed by atoms with Gasteiger partial charge in [-0.3, -0.25) is 5.10 Å². The molecule has 0 bridgehead atoms. The highest BCUT2D eigenvalue weighted by atomic mass is 35.5. The first kappa shape index (κ1) is 13.3. The van der Waals surface area contributed by atoms with Gasteiger partial charge < -0.3 is 10.6 Å². The smallest absolute Gasteiger partial charge is 0.245 e. The summed E-state index contributed by atoms with van der Waals surface area (Å²) in [6.45, 7) is 1.63. The summed E-state index contributed by atoms with van der Waals surface area (Å²) in [6.07, 6.45) is 2.05. The number of halogens is 2. The number of H-pyrrole nitrogens is 1. The number of nitrogens with two attached hydrogens (primary N) is 1. The minimum atomic E-state index is -0.470. The van der Waals surface area contributed by atoms with Gasteiger partial charge in [0, 0.05) is 24.7 Å². The Kier molecular flexibility index (Phi) is 3.58. The number of nitrogens with one attached hydrogen (secondary N) is 1. The summed E-state index contributed by atoms with van der Waals surface area (Å²) in [5.41, 5.74) is 6.56. The molecular formula is C13H15ClFN5. The SMILES string of the molecule is NC1CCCN(c2n[nH]c(-c3ccc(Cl)c(F)c3)n2)C1. The normalized spacial score (nSPS) is 19.4. The van der Waals surface area contributed by atoms with Crippen molar-refractivity contribution in [3.8, 4) is 11.4 Å². The van der Waals surface area contributed by atoms with Gasteiger partial charge in [-0.1, -0.05) is 11.6 Å². The zero-order chi connectivity index (χ0) is 14.1. The van der Waals surface area contributed by atoms with Crippen LogP contribution in [0.2, 0.25) is 5.02 Å². The molecule has 106 valence electrons. The van der Waals surface area contributed by atoms with Crippen LogP contribution >= 0.6 is 11.6 Å². The van der Waals surface area contributed by atoms with E-state index in [1.54, 1.807) is 6.07 Å². The Hall–Kier alpha value is -1.66. The number of hydrogen-bond acceptors (Lipinski definition) is 4. The first-order valence-corrected chi connectivity index (χ1v) is 6.89. The third-order valence-electron chi connectivity index (χ3n) is 3.41. The standard InChI is InChI=1S/C13H15ClFN5/c14-10-4-3-8(6-11(10)15)12-17-13(19-18-12)20-5-1-2-9(16)7-20/h3-4,6,9H,1-2,5,7,16H2,(H,17,18,19). The van der Waals surface area contributed by atoms with Crippen LogP contribution in [0.4, 0.5) is 10.3 Å². The van der Waals surface area contributed by atoms with Gasteiger partial charge in [0.25, 0.3) is 0 Å². The monoisotopic (exact) mass is 295 g/mol. The molecule has 1 aliphatic heterocycles. The zero-order valence-corrected chi connectivity index (χ0v) is 11.6. The molecule has 0 radical (unpaired) electrons. The van der Waals surface area contributed by atoms with E-state index in [9.17, 15) is 4.39 Å². The number of aromatic amines is 1. The minimum absolute atomic E-state index is 0.0930. The summed E-state index contributed by atoms with van der Waals surface area (Å²) < 4.78 is 13.5. The molecular weight excluding hydrogens is 281 g/mol. The Morgan fingerprint density at radius 2 is 2.30 bits per heavy atom. The van der Waals surface area contributed by atoms with E-state index in [1.807, 2.05) is 4.90 Å². The van der Waals surface area contributed by atoms with Gasteiger partial charge in [0.05, 0.1) is 5.02 Å². The summed E-state index contributed by atoms with van der Waals surface area (Å²) >= 11 is 5.67. The molecule has 1 aromatic heterocycles. The quantitative estimate of drug-likeness (QED) is 0.891. The number of piperidine rings is 1. The number of rotatable bonds is 2. The van der Waals surface area contributed by atoms with E-state index in [4.69, 9.17) is 17.3 Å². The van der Waals surface area contributed by atoms with Crippen LogP contribution in [-0.2, 0) is 0 Å². The molecule has 1 saturated heterocycles. The van der Waals surface area contributed by atoms with Crippen molar-refractivity contribution in [1.29, 1.82) is 0 Å². The van der Waals surface area contributed by atoms with E-state index >= 15 is 0 Å². The van der Waals surface area contributed by atoms with Gasteiger partial charge in [-0.05, 0) is 31.0 Å². The Morgan fingerprint density at radius 1 is 1.45 bits per heavy atom. The second-order valence-electron chi connectivity index (χ2n) is 4.96. The predicted molar refractivity (Wildman–Crippen MR) is 76.2 cm³/mol. The van der Waals surface area contributed by atoms with Crippen LogP contribution in [0.25, 0.3) is 11.4 Å². The summed E-state index contributed by atoms with van der Waals surface area (Å²) in [6, 6.07) is 4.70. The molecule has 2 aromatic rings. The van der Waals surface area contributed by atoms with Gasteiger partial charge in [-0.25, -0.2) is 4.39 Å². The lowest BCUT2D eigenvalue weighted by Crippen LogP contribution is -2.43. The largest absolute Gasteiger partial charge is 0.338 e. The summed E-state index contributed by atoms with van der Waals surface area (Å²) in [4.78, 5) is 6.45. The molecule has 0 aliphatic carbocycles. The third-order valence-corrected chi connectivity index (χ3v) is 3.71. The first-order valence-electron chi connectivity index (χ1n) is 6.52. The van der Waals surface area contributed by atoms with Crippen LogP contribution in [-0.4, -0.2) is 34.3 Å². The van der Waals surface area contributed by atoms with E-state index in [-0.39, 0.29) is 11.1 Å². The fourth-order valence-corrected chi connectivity index (χ4v) is 2.48. The molecule has 20 heavy (non-hydrogen) atoms. The van der Waals surface area contributed by atoms with Crippen LogP contribution < -0.4 is 10.6 Å². The topological polar surface area (TPSA) is 70.8 Å². The second kappa shape index (κ2) is 5.38. The molecule has 0 spiro atoms. The van der Waals surface area contributed by atoms with E-state index in [2.05, 4.69) is 15.2 Å². The van der Waals surface area contributed by atoms with Gasteiger partial charge in [-0.2, -0.15) is 4.98 Å². The number of aromatic nitrogens is 3. The highest BCUT2D eigenvalue weighted by molar-refractivity contribution is 6.30. The maximum Gasteiger partial charge on any atom is 0.245 e. The Labute approximate surface area is 120 Å². The molecule has 1 unspecified atom stereocenters. The molecule has 1 atom stereocenters. The second-order valence-corrected chi connectivity index (χ2v) is 5.37. The van der Waals surface area contributed by atoms with Crippen molar-refractivity contribution in [3.05, 3.63) is 29.0 Å². The Balaban J connectivity index is 1.84. The zero-order valence-electron chi connectivity index (χ0n) is 10.8. The lowest BCUT2D eigenvalue weighted by Gasteiger charge is -2.29. The number of nitrogens with zero attached hydrogens (tertiary/aromatic N) is 3. The molecule has 1 fully saturated rings. The molecule has 0 amide bonds. The van der Waals surface area contributed by atoms with E-state index in [0.717, 1.165) is 25.9 Å². The molecule has 0 saturated carbocycles. The van der Waals surface area contributed by atoms with Crippen LogP contribution in [0.1, 0.15) is 12.8 Å². The number of hydrogen-bond donors (Lipinski definition) is 2. The highest BCUT2D eigenvalue weighted by Gasteiger charge is 2.20. The van der Waals surface area contributed by atoms with E-state index in [0.29, 0.717) is 17.3 Å². The Bertz CT molecular complexity index is 615. The van der Waals surface area contributed by atoms with Crippen LogP contribution in [0, 0.1) is 5.82 Å². The summed E-state index contributed by atoms with van der Waals surface area (Å²) in [7, 11) is 0. The number of benzene rings is 1. The van der Waals surface area contributed by atoms with Crippen molar-refractivity contribution in [3.63, 3.8) is 0 Å². The fraction of sp³-hybridized carbons (Fsp3) is 0.385. The van der Waals surface area contributed by atoms with Crippen molar-refractivity contribution in [1.82, 2.24) is 15.2 Å². The average molecular weight is 296 g/mol. The molecule has 3 N–H and O–H groups in total. The Morgan fingerprint density at radius 3 is 3.05 bits per heavy atom. The first-order chi connectivity index (χ1) is 9.63. The summed E-state index contributed by atoms with van der Waals surface area (Å²) in [5, 5.41) is 7.10. The minimum Gasteiger partial charge on any atom is -0.338 e. The molecule has 7 heteroatoms. The lowest BCUT2D eigenvalue weighted by atomic mass is 10.1. The van der Waals surface area contributed by atoms with Crippen molar-refractivity contribution < 1.29 is 4.39 Å². The van der Waals surface area contributed by atoms with Crippen LogP contribution in [0.3, 0.4) is 0 Å². The highest BCUT2D eigenvalue weighted by Crippen LogP contribution is 2.23. The van der Waals surface area contributed by atoms with Gasteiger partial charge in [0.15, 0.2) is 5.82 Å². The molecule has 5 nitrogen and oxygen atoms in total. The van der Waals surface area contributed by atoms with E-state index < -0.39 is 5.82 Å². The maximum absolute atomic E-state index is 13.5. The van der Waals surface area contributed by atoms with Gasteiger partial charge >= 0.3 is 0 Å². The van der Waals surface area contributed by atoms with Crippen molar-refractivity contribution >= 4 is 17.5 Å². The molecule has 3 rings (SSSR count). The van der Waals surface area contributed by atoms with E-state index in [1.165, 1.54) is 12.1 Å². The predicted octanol–water partition coefficient (Wildman–Crippen LogP) is 2.19. The van der Waals surface area contributed by atoms with Crippen LogP contribution in [0.15, 0.2) is 18.2 Å². The van der Waals surface area contributed by atoms with Gasteiger partial charge in [0.2, 0.25) is 5.95 Å². The van der Waals surface area contributed by atoms with Crippen LogP contribution in [0.5, 0.6) is 0 Å². The average Bonchev–Trinajstić information content (AvgIpc) is 2.92. The van der Waals surface area contributed by atoms with Gasteiger partial charge in [-0.15, -0.1) is 5.10 Å². The van der Waals surface area contributed by atoms with Crippen molar-refractivity contribution in [2.75, 3.05) is 18.0 Å².